The van der Waals surface area contributed by atoms with Crippen molar-refractivity contribution in [1.29, 1.82) is 0 Å². The average Bonchev–Trinajstić information content (AvgIpc) is 3.09. The van der Waals surface area contributed by atoms with Crippen LogP contribution in [-0.2, 0) is 20.9 Å². The number of piperidine rings is 1. The number of carbonyl (C=O) groups excluding carboxylic acids is 3. The molecule has 2 fully saturated rings. The lowest BCUT2D eigenvalue weighted by molar-refractivity contribution is -0.274. The molecule has 0 aliphatic carbocycles. The number of ether oxygens (including phenoxy) is 2. The van der Waals surface area contributed by atoms with E-state index in [2.05, 4.69) is 19.9 Å². The van der Waals surface area contributed by atoms with Gasteiger partial charge in [0.1, 0.15) is 11.6 Å². The zero-order valence-electron chi connectivity index (χ0n) is 24.1. The fourth-order valence-electron chi connectivity index (χ4n) is 4.36. The summed E-state index contributed by atoms with van der Waals surface area (Å²) in [6, 6.07) is 5.92. The van der Waals surface area contributed by atoms with E-state index in [1.54, 1.807) is 38.4 Å². The van der Waals surface area contributed by atoms with Crippen molar-refractivity contribution in [3.8, 4) is 5.75 Å². The van der Waals surface area contributed by atoms with Crippen LogP contribution in [0.1, 0.15) is 32.3 Å². The molecule has 3 heterocycles. The average molecular weight is 650 g/mol. The number of likely N-dealkylation sites (tertiary alicyclic amines) is 1. The summed E-state index contributed by atoms with van der Waals surface area (Å²) in [7, 11) is 1.93. The van der Waals surface area contributed by atoms with Crippen LogP contribution in [0.3, 0.4) is 0 Å². The molecule has 246 valence electrons. The lowest BCUT2D eigenvalue weighted by Crippen LogP contribution is -2.43. The van der Waals surface area contributed by atoms with E-state index in [9.17, 15) is 40.7 Å². The molecule has 2 aromatic rings. The Kier molecular flexibility index (Phi) is 10.5. The van der Waals surface area contributed by atoms with Crippen molar-refractivity contribution in [1.82, 2.24) is 14.8 Å². The number of aliphatic carboxylic acids is 1. The number of pyridine rings is 1. The number of hydrogen-bond acceptors (Lipinski definition) is 8. The first kappa shape index (κ1) is 34.9. The zero-order valence-corrected chi connectivity index (χ0v) is 24.1. The minimum atomic E-state index is -5.08. The minimum absolute atomic E-state index is 0.0329. The summed E-state index contributed by atoms with van der Waals surface area (Å²) in [6.07, 6.45) is -7.22. The molecule has 4 amide bonds. The van der Waals surface area contributed by atoms with Crippen molar-refractivity contribution in [2.24, 2.45) is 0 Å². The summed E-state index contributed by atoms with van der Waals surface area (Å²) in [6.45, 7) is 4.68. The highest BCUT2D eigenvalue weighted by Gasteiger charge is 2.52. The smallest absolute Gasteiger partial charge is 0.475 e. The van der Waals surface area contributed by atoms with Crippen molar-refractivity contribution in [3.63, 3.8) is 0 Å². The zero-order chi connectivity index (χ0) is 33.7. The van der Waals surface area contributed by atoms with Gasteiger partial charge >= 0.3 is 30.6 Å². The Morgan fingerprint density at radius 2 is 1.62 bits per heavy atom. The van der Waals surface area contributed by atoms with Crippen LogP contribution in [0.25, 0.3) is 0 Å². The fraction of sp³-hybridized carbons (Fsp3) is 0.444. The van der Waals surface area contributed by atoms with Crippen LogP contribution in [-0.4, -0.2) is 88.2 Å². The molecule has 45 heavy (non-hydrogen) atoms. The van der Waals surface area contributed by atoms with Crippen LogP contribution in [0.5, 0.6) is 5.75 Å². The van der Waals surface area contributed by atoms with Gasteiger partial charge in [-0.1, -0.05) is 0 Å². The first-order valence-electron chi connectivity index (χ1n) is 13.2. The molecule has 4 rings (SSSR count). The summed E-state index contributed by atoms with van der Waals surface area (Å²) in [4.78, 5) is 56.3. The van der Waals surface area contributed by atoms with Crippen LogP contribution in [0, 0.1) is 0 Å². The summed E-state index contributed by atoms with van der Waals surface area (Å²) in [5.74, 6) is -4.05. The van der Waals surface area contributed by atoms with Gasteiger partial charge in [0.2, 0.25) is 0 Å². The van der Waals surface area contributed by atoms with Gasteiger partial charge in [-0.05, 0) is 69.6 Å². The lowest BCUT2D eigenvalue weighted by atomic mass is 10.0. The molecular formula is C27H29F6N5O7. The second-order valence-electron chi connectivity index (χ2n) is 10.5. The Hall–Kier alpha value is -4.61. The predicted octanol–water partition coefficient (Wildman–Crippen LogP) is 5.00. The van der Waals surface area contributed by atoms with Crippen molar-refractivity contribution in [3.05, 3.63) is 48.3 Å². The molecule has 12 nitrogen and oxygen atoms in total. The maximum absolute atomic E-state index is 13.4. The van der Waals surface area contributed by atoms with Crippen molar-refractivity contribution in [2.45, 2.75) is 57.4 Å². The van der Waals surface area contributed by atoms with Gasteiger partial charge < -0.3 is 24.4 Å². The second kappa shape index (κ2) is 13.6. The molecule has 0 radical (unpaired) electrons. The first-order valence-corrected chi connectivity index (χ1v) is 13.2. The lowest BCUT2D eigenvalue weighted by Gasteiger charge is -2.28. The predicted molar refractivity (Wildman–Crippen MR) is 144 cm³/mol. The van der Waals surface area contributed by atoms with Crippen molar-refractivity contribution >= 4 is 35.4 Å². The summed E-state index contributed by atoms with van der Waals surface area (Å²) < 4.78 is 80.3. The molecule has 0 bridgehead atoms. The van der Waals surface area contributed by atoms with Gasteiger partial charge in [0.25, 0.3) is 5.91 Å². The van der Waals surface area contributed by atoms with E-state index in [1.165, 1.54) is 4.90 Å². The van der Waals surface area contributed by atoms with Crippen LogP contribution in [0.15, 0.2) is 42.7 Å². The van der Waals surface area contributed by atoms with Gasteiger partial charge in [0.05, 0.1) is 11.4 Å². The highest BCUT2D eigenvalue weighted by atomic mass is 19.4. The normalized spacial score (nSPS) is 17.4. The number of alkyl halides is 6. The van der Waals surface area contributed by atoms with Crippen molar-refractivity contribution < 1.29 is 60.1 Å². The van der Waals surface area contributed by atoms with Gasteiger partial charge in [-0.2, -0.15) is 13.2 Å². The number of hydrogen-bond donors (Lipinski definition) is 2. The Morgan fingerprint density at radius 3 is 2.16 bits per heavy atom. The summed E-state index contributed by atoms with van der Waals surface area (Å²) in [5, 5.41) is 9.41. The molecule has 0 unspecified atom stereocenters. The number of urea groups is 1. The summed E-state index contributed by atoms with van der Waals surface area (Å²) in [5.41, 5.74) is -0.940. The largest absolute Gasteiger partial charge is 0.573 e. The molecule has 2 saturated heterocycles. The highest BCUT2D eigenvalue weighted by Crippen LogP contribution is 2.38. The number of carboxylic acid groups (broad SMARTS) is 1. The number of aromatic nitrogens is 1. The monoisotopic (exact) mass is 649 g/mol. The number of carboxylic acids is 1. The van der Waals surface area contributed by atoms with Crippen LogP contribution >= 0.6 is 0 Å². The first-order chi connectivity index (χ1) is 20.8. The third-order valence-electron chi connectivity index (χ3n) is 6.78. The maximum atomic E-state index is 13.4. The van der Waals surface area contributed by atoms with Crippen LogP contribution in [0.4, 0.5) is 47.3 Å². The Bertz CT molecular complexity index is 1400. The SMILES string of the molecule is CN1CCC(OC(=O)Nc2cc(N3C(=O)N(Cc4ccncc4)C(C)(C)C3=O)ccc2OC(F)(F)F)CC1.O=C(O)C(F)(F)F. The number of halogens is 6. The summed E-state index contributed by atoms with van der Waals surface area (Å²) >= 11 is 0. The van der Waals surface area contributed by atoms with E-state index in [0.29, 0.717) is 25.9 Å². The number of benzene rings is 1. The molecule has 2 N–H and O–H groups in total. The molecule has 2 aliphatic heterocycles. The van der Waals surface area contributed by atoms with Crippen LogP contribution in [0.2, 0.25) is 0 Å². The molecule has 2 aliphatic rings. The van der Waals surface area contributed by atoms with Gasteiger partial charge in [0, 0.05) is 32.0 Å². The molecule has 0 spiro atoms. The van der Waals surface area contributed by atoms with E-state index < -0.39 is 59.6 Å². The quantitative estimate of drug-likeness (QED) is 0.327. The molecular weight excluding hydrogens is 620 g/mol. The molecule has 0 saturated carbocycles. The number of anilines is 2. The van der Waals surface area contributed by atoms with E-state index in [1.807, 2.05) is 7.05 Å². The van der Waals surface area contributed by atoms with Crippen LogP contribution < -0.4 is 15.0 Å². The third-order valence-corrected chi connectivity index (χ3v) is 6.78. The number of imide groups is 1. The van der Waals surface area contributed by atoms with Gasteiger partial charge in [-0.3, -0.25) is 15.1 Å². The molecule has 0 atom stereocenters. The molecule has 1 aromatic heterocycles. The van der Waals surface area contributed by atoms with E-state index in [0.717, 1.165) is 28.7 Å². The highest BCUT2D eigenvalue weighted by molar-refractivity contribution is 6.23. The number of nitrogens with one attached hydrogen (secondary N) is 1. The van der Waals surface area contributed by atoms with Crippen molar-refractivity contribution in [2.75, 3.05) is 30.4 Å². The van der Waals surface area contributed by atoms with Gasteiger partial charge in [0.15, 0.2) is 5.75 Å². The third kappa shape index (κ3) is 9.19. The fourth-order valence-corrected chi connectivity index (χ4v) is 4.36. The second-order valence-corrected chi connectivity index (χ2v) is 10.5. The topological polar surface area (TPSA) is 142 Å². The van der Waals surface area contributed by atoms with E-state index in [4.69, 9.17) is 14.6 Å². The van der Waals surface area contributed by atoms with E-state index in [-0.39, 0.29) is 12.2 Å². The van der Waals surface area contributed by atoms with E-state index >= 15 is 0 Å². The minimum Gasteiger partial charge on any atom is -0.475 e. The molecule has 1 aromatic carbocycles. The van der Waals surface area contributed by atoms with Gasteiger partial charge in [-0.25, -0.2) is 19.3 Å². The Morgan fingerprint density at radius 1 is 1.04 bits per heavy atom. The number of rotatable bonds is 6. The molecule has 18 heteroatoms. The number of carbonyl (C=O) groups is 4. The van der Waals surface area contributed by atoms with Gasteiger partial charge in [-0.15, -0.1) is 13.2 Å². The standard InChI is InChI=1S/C25H28F3N5O5.C2HF3O2/c1-24(2)21(34)33(23(36)32(24)15-16-6-10-29-11-7-16)17-4-5-20(38-25(26,27)28)19(14-17)30-22(35)37-18-8-12-31(3)13-9-18;3-2(4,5)1(6)7/h4-7,10-11,14,18H,8-9,12-13,15H2,1-3H3,(H,30,35);(H,6,7). The number of nitrogens with zero attached hydrogens (tertiary/aromatic N) is 4. The Balaban J connectivity index is 0.000000707. The maximum Gasteiger partial charge on any atom is 0.573 e. The number of amides is 4. The Labute approximate surface area is 252 Å².